The Kier molecular flexibility index (Phi) is 5.00. The Hall–Kier alpha value is -2.57. The van der Waals surface area contributed by atoms with Crippen molar-refractivity contribution in [3.63, 3.8) is 0 Å². The van der Waals surface area contributed by atoms with Crippen LogP contribution in [0.25, 0.3) is 0 Å². The molecule has 2 saturated heterocycles. The number of carbonyl (C=O) groups is 2. The van der Waals surface area contributed by atoms with Crippen LogP contribution in [0.1, 0.15) is 53.3 Å². The van der Waals surface area contributed by atoms with Crippen LogP contribution in [0.2, 0.25) is 0 Å². The van der Waals surface area contributed by atoms with Gasteiger partial charge in [-0.3, -0.25) is 9.59 Å². The lowest BCUT2D eigenvalue weighted by Crippen LogP contribution is -2.52. The van der Waals surface area contributed by atoms with Crippen LogP contribution < -0.4 is 0 Å². The molecule has 1 N–H and O–H groups in total. The minimum atomic E-state index is 0.0622. The van der Waals surface area contributed by atoms with Gasteiger partial charge in [0.05, 0.1) is 11.9 Å². The third kappa shape index (κ3) is 3.70. The molecular weight excluding hydrogens is 356 g/mol. The number of piperidine rings is 2. The molecule has 2 aliphatic heterocycles. The van der Waals surface area contributed by atoms with Gasteiger partial charge in [-0.25, -0.2) is 4.98 Å². The van der Waals surface area contributed by atoms with Gasteiger partial charge in [0.1, 0.15) is 11.5 Å². The van der Waals surface area contributed by atoms with Crippen molar-refractivity contribution in [2.45, 2.75) is 46.0 Å². The predicted molar refractivity (Wildman–Crippen MR) is 104 cm³/mol. The fourth-order valence-corrected chi connectivity index (χ4v) is 4.59. The molecule has 0 unspecified atom stereocenters. The first-order chi connectivity index (χ1) is 13.5. The molecule has 2 fully saturated rings. The fraction of sp³-hybridized carbons (Fsp3) is 0.571. The summed E-state index contributed by atoms with van der Waals surface area (Å²) in [6.45, 7) is 6.71. The number of amides is 2. The van der Waals surface area contributed by atoms with Gasteiger partial charge in [0.2, 0.25) is 5.91 Å². The molecule has 1 spiro atoms. The van der Waals surface area contributed by atoms with Crippen LogP contribution >= 0.6 is 0 Å². The average molecular weight is 384 g/mol. The Bertz CT molecular complexity index is 847. The molecule has 2 aliphatic rings. The van der Waals surface area contributed by atoms with Crippen molar-refractivity contribution >= 4 is 11.8 Å². The van der Waals surface area contributed by atoms with Crippen LogP contribution in [0.4, 0.5) is 0 Å². The van der Waals surface area contributed by atoms with Gasteiger partial charge in [-0.2, -0.15) is 0 Å². The van der Waals surface area contributed by atoms with Crippen LogP contribution in [0, 0.1) is 19.3 Å². The molecule has 150 valence electrons. The molecule has 7 nitrogen and oxygen atoms in total. The van der Waals surface area contributed by atoms with Crippen LogP contribution in [0.3, 0.4) is 0 Å². The summed E-state index contributed by atoms with van der Waals surface area (Å²) in [5, 5.41) is 0. The van der Waals surface area contributed by atoms with E-state index in [4.69, 9.17) is 4.42 Å². The number of rotatable bonds is 4. The van der Waals surface area contributed by atoms with Gasteiger partial charge in [-0.1, -0.05) is 0 Å². The van der Waals surface area contributed by atoms with Crippen molar-refractivity contribution in [3.05, 3.63) is 41.4 Å². The van der Waals surface area contributed by atoms with E-state index in [9.17, 15) is 9.59 Å². The zero-order valence-corrected chi connectivity index (χ0v) is 16.7. The number of imidazole rings is 1. The van der Waals surface area contributed by atoms with Gasteiger partial charge in [0.15, 0.2) is 0 Å². The Balaban J connectivity index is 1.36. The summed E-state index contributed by atoms with van der Waals surface area (Å²) in [4.78, 5) is 36.3. The number of hydrogen-bond acceptors (Lipinski definition) is 4. The van der Waals surface area contributed by atoms with E-state index in [2.05, 4.69) is 9.97 Å². The molecule has 0 bridgehead atoms. The summed E-state index contributed by atoms with van der Waals surface area (Å²) < 4.78 is 5.52. The number of likely N-dealkylation sites (tertiary alicyclic amines) is 2. The maximum atomic E-state index is 12.8. The fourth-order valence-electron chi connectivity index (χ4n) is 4.59. The van der Waals surface area contributed by atoms with E-state index >= 15 is 0 Å². The highest BCUT2D eigenvalue weighted by Gasteiger charge is 2.41. The number of furan rings is 1. The van der Waals surface area contributed by atoms with Crippen molar-refractivity contribution in [1.82, 2.24) is 19.8 Å². The summed E-state index contributed by atoms with van der Waals surface area (Å²) in [6.07, 6.45) is 7.71. The molecule has 28 heavy (non-hydrogen) atoms. The first kappa shape index (κ1) is 18.8. The SMILES string of the molecule is Cc1cc(C(=O)N2CCC3(CCC(=O)N(CCc4cnc[nH]4)C3)CC2)c(C)o1. The van der Waals surface area contributed by atoms with Gasteiger partial charge < -0.3 is 19.2 Å². The van der Waals surface area contributed by atoms with Crippen molar-refractivity contribution in [2.75, 3.05) is 26.2 Å². The van der Waals surface area contributed by atoms with E-state index in [0.717, 1.165) is 63.3 Å². The predicted octanol–water partition coefficient (Wildman–Crippen LogP) is 2.71. The third-order valence-electron chi connectivity index (χ3n) is 6.34. The Morgan fingerprint density at radius 3 is 2.71 bits per heavy atom. The van der Waals surface area contributed by atoms with Crippen LogP contribution in [-0.4, -0.2) is 57.8 Å². The molecule has 0 aromatic carbocycles. The summed E-state index contributed by atoms with van der Waals surface area (Å²) in [5.74, 6) is 1.77. The molecular formula is C21H28N4O3. The summed E-state index contributed by atoms with van der Waals surface area (Å²) in [5.41, 5.74) is 1.87. The van der Waals surface area contributed by atoms with Crippen molar-refractivity contribution < 1.29 is 14.0 Å². The lowest BCUT2D eigenvalue weighted by molar-refractivity contribution is -0.138. The molecule has 7 heteroatoms. The highest BCUT2D eigenvalue weighted by Crippen LogP contribution is 2.40. The Labute approximate surface area is 165 Å². The van der Waals surface area contributed by atoms with E-state index in [-0.39, 0.29) is 17.2 Å². The monoisotopic (exact) mass is 384 g/mol. The second kappa shape index (κ2) is 7.45. The molecule has 0 atom stereocenters. The molecule has 0 aliphatic carbocycles. The van der Waals surface area contributed by atoms with E-state index in [1.54, 1.807) is 6.33 Å². The van der Waals surface area contributed by atoms with E-state index < -0.39 is 0 Å². The van der Waals surface area contributed by atoms with E-state index in [0.29, 0.717) is 17.7 Å². The summed E-state index contributed by atoms with van der Waals surface area (Å²) in [7, 11) is 0. The number of aromatic nitrogens is 2. The topological polar surface area (TPSA) is 82.4 Å². The van der Waals surface area contributed by atoms with Crippen molar-refractivity contribution in [2.24, 2.45) is 5.41 Å². The quantitative estimate of drug-likeness (QED) is 0.879. The van der Waals surface area contributed by atoms with Crippen LogP contribution in [-0.2, 0) is 11.2 Å². The molecule has 4 rings (SSSR count). The number of carbonyl (C=O) groups excluding carboxylic acids is 2. The number of aryl methyl sites for hydroxylation is 2. The molecule has 4 heterocycles. The maximum Gasteiger partial charge on any atom is 0.257 e. The highest BCUT2D eigenvalue weighted by atomic mass is 16.3. The molecule has 2 aromatic rings. The smallest absolute Gasteiger partial charge is 0.257 e. The van der Waals surface area contributed by atoms with Gasteiger partial charge in [-0.15, -0.1) is 0 Å². The van der Waals surface area contributed by atoms with Crippen LogP contribution in [0.15, 0.2) is 23.0 Å². The molecule has 2 aromatic heterocycles. The van der Waals surface area contributed by atoms with Crippen molar-refractivity contribution in [3.8, 4) is 0 Å². The Morgan fingerprint density at radius 2 is 2.07 bits per heavy atom. The number of nitrogens with zero attached hydrogens (tertiary/aromatic N) is 3. The maximum absolute atomic E-state index is 12.8. The van der Waals surface area contributed by atoms with Gasteiger partial charge >= 0.3 is 0 Å². The minimum Gasteiger partial charge on any atom is -0.466 e. The van der Waals surface area contributed by atoms with E-state index in [1.807, 2.05) is 35.9 Å². The zero-order chi connectivity index (χ0) is 19.7. The second-order valence-electron chi connectivity index (χ2n) is 8.26. The zero-order valence-electron chi connectivity index (χ0n) is 16.7. The van der Waals surface area contributed by atoms with Crippen LogP contribution in [0.5, 0.6) is 0 Å². The summed E-state index contributed by atoms with van der Waals surface area (Å²) in [6, 6.07) is 1.83. The van der Waals surface area contributed by atoms with Crippen molar-refractivity contribution in [1.29, 1.82) is 0 Å². The number of aromatic amines is 1. The molecule has 0 radical (unpaired) electrons. The van der Waals surface area contributed by atoms with E-state index in [1.165, 1.54) is 0 Å². The first-order valence-corrected chi connectivity index (χ1v) is 10.1. The number of hydrogen-bond donors (Lipinski definition) is 1. The van der Waals surface area contributed by atoms with Gasteiger partial charge in [0, 0.05) is 50.9 Å². The molecule has 2 amide bonds. The van der Waals surface area contributed by atoms with Gasteiger partial charge in [0.25, 0.3) is 5.91 Å². The lowest BCUT2D eigenvalue weighted by atomic mass is 9.72. The first-order valence-electron chi connectivity index (χ1n) is 10.1. The molecule has 0 saturated carbocycles. The average Bonchev–Trinajstić information content (AvgIpc) is 3.32. The Morgan fingerprint density at radius 1 is 1.29 bits per heavy atom. The number of nitrogens with one attached hydrogen (secondary N) is 1. The largest absolute Gasteiger partial charge is 0.466 e. The standard InChI is InChI=1S/C21H28N4O3/c1-15-11-18(16(2)28-15)20(27)24-9-6-21(7-10-24)5-3-19(26)25(13-21)8-4-17-12-22-14-23-17/h11-12,14H,3-10,13H2,1-2H3,(H,22,23). The highest BCUT2D eigenvalue weighted by molar-refractivity contribution is 5.95. The lowest BCUT2D eigenvalue weighted by Gasteiger charge is -2.47. The number of H-pyrrole nitrogens is 1. The minimum absolute atomic E-state index is 0.0622. The normalized spacial score (nSPS) is 19.4. The third-order valence-corrected chi connectivity index (χ3v) is 6.34. The second-order valence-corrected chi connectivity index (χ2v) is 8.26. The summed E-state index contributed by atoms with van der Waals surface area (Å²) >= 11 is 0. The van der Waals surface area contributed by atoms with Gasteiger partial charge in [-0.05, 0) is 44.6 Å².